The lowest BCUT2D eigenvalue weighted by atomic mass is 10.1. The number of aryl methyl sites for hydroxylation is 2. The summed E-state index contributed by atoms with van der Waals surface area (Å²) in [6.45, 7) is 1.42. The standard InChI is InChI=1S/C24H19F2N3O5S/c1-14-2-8-20-18(12-14)23(30)29(28-27-20)11-10-22(24(31)32)35(33,34)21-9-5-16(13-19(21)26)15-3-6-17(25)7-4-15/h2-9,12-13,22H,10-11H2,1H3,(H,31,32). The van der Waals surface area contributed by atoms with Crippen molar-refractivity contribution in [1.82, 2.24) is 15.0 Å². The number of sulfone groups is 1. The van der Waals surface area contributed by atoms with Crippen LogP contribution in [-0.4, -0.2) is 39.7 Å². The van der Waals surface area contributed by atoms with Gasteiger partial charge in [0.25, 0.3) is 5.56 Å². The predicted molar refractivity (Wildman–Crippen MR) is 124 cm³/mol. The molecule has 0 aliphatic rings. The number of hydrogen-bond donors (Lipinski definition) is 1. The number of carbonyl (C=O) groups is 1. The number of carboxylic acid groups (broad SMARTS) is 1. The molecule has 0 spiro atoms. The molecule has 1 atom stereocenters. The lowest BCUT2D eigenvalue weighted by Crippen LogP contribution is -2.34. The Bertz CT molecular complexity index is 1600. The van der Waals surface area contributed by atoms with Crippen LogP contribution in [0.25, 0.3) is 22.0 Å². The highest BCUT2D eigenvalue weighted by atomic mass is 32.2. The van der Waals surface area contributed by atoms with Crippen LogP contribution in [0, 0.1) is 18.6 Å². The Morgan fingerprint density at radius 3 is 2.37 bits per heavy atom. The first-order valence-electron chi connectivity index (χ1n) is 10.4. The number of fused-ring (bicyclic) bond motifs is 1. The van der Waals surface area contributed by atoms with Crippen molar-refractivity contribution < 1.29 is 27.1 Å². The van der Waals surface area contributed by atoms with E-state index in [0.29, 0.717) is 16.6 Å². The van der Waals surface area contributed by atoms with E-state index in [4.69, 9.17) is 0 Å². The van der Waals surface area contributed by atoms with E-state index < -0.39 is 49.6 Å². The Labute approximate surface area is 198 Å². The van der Waals surface area contributed by atoms with Gasteiger partial charge in [0.05, 0.1) is 5.39 Å². The quantitative estimate of drug-likeness (QED) is 0.414. The maximum atomic E-state index is 14.9. The summed E-state index contributed by atoms with van der Waals surface area (Å²) in [5, 5.41) is 15.5. The number of nitrogens with zero attached hydrogens (tertiary/aromatic N) is 3. The van der Waals surface area contributed by atoms with Gasteiger partial charge in [-0.2, -0.15) is 0 Å². The number of halogens is 2. The van der Waals surface area contributed by atoms with Gasteiger partial charge in [0.2, 0.25) is 0 Å². The van der Waals surface area contributed by atoms with E-state index in [1.807, 2.05) is 0 Å². The van der Waals surface area contributed by atoms with Crippen molar-refractivity contribution in [3.05, 3.63) is 88.2 Å². The first kappa shape index (κ1) is 24.1. The van der Waals surface area contributed by atoms with E-state index in [0.717, 1.165) is 22.4 Å². The smallest absolute Gasteiger partial charge is 0.322 e. The second kappa shape index (κ2) is 9.34. The number of rotatable bonds is 7. The van der Waals surface area contributed by atoms with E-state index in [1.54, 1.807) is 25.1 Å². The van der Waals surface area contributed by atoms with Crippen LogP contribution >= 0.6 is 0 Å². The second-order valence-electron chi connectivity index (χ2n) is 7.95. The van der Waals surface area contributed by atoms with Crippen molar-refractivity contribution in [3.8, 4) is 11.1 Å². The molecule has 0 amide bonds. The van der Waals surface area contributed by atoms with Gasteiger partial charge in [-0.1, -0.05) is 35.0 Å². The van der Waals surface area contributed by atoms with E-state index >= 15 is 0 Å². The molecular weight excluding hydrogens is 480 g/mol. The minimum Gasteiger partial charge on any atom is -0.480 e. The monoisotopic (exact) mass is 499 g/mol. The van der Waals surface area contributed by atoms with Crippen molar-refractivity contribution in [2.45, 2.75) is 30.0 Å². The molecule has 1 heterocycles. The van der Waals surface area contributed by atoms with Gasteiger partial charge in [-0.05, 0) is 60.9 Å². The third-order valence-electron chi connectivity index (χ3n) is 5.55. The van der Waals surface area contributed by atoms with Crippen molar-refractivity contribution >= 4 is 26.7 Å². The fourth-order valence-electron chi connectivity index (χ4n) is 3.69. The lowest BCUT2D eigenvalue weighted by Gasteiger charge is -2.15. The number of carboxylic acids is 1. The van der Waals surface area contributed by atoms with Gasteiger partial charge in [0.15, 0.2) is 15.1 Å². The Morgan fingerprint density at radius 1 is 1.03 bits per heavy atom. The summed E-state index contributed by atoms with van der Waals surface area (Å²) < 4.78 is 55.0. The van der Waals surface area contributed by atoms with Crippen LogP contribution in [0.15, 0.2) is 70.4 Å². The average Bonchev–Trinajstić information content (AvgIpc) is 2.81. The van der Waals surface area contributed by atoms with Crippen molar-refractivity contribution in [2.75, 3.05) is 0 Å². The molecule has 0 saturated heterocycles. The first-order valence-corrected chi connectivity index (χ1v) is 12.0. The summed E-state index contributed by atoms with van der Waals surface area (Å²) >= 11 is 0. The summed E-state index contributed by atoms with van der Waals surface area (Å²) in [4.78, 5) is 23.8. The number of aliphatic carboxylic acids is 1. The highest BCUT2D eigenvalue weighted by Gasteiger charge is 2.36. The highest BCUT2D eigenvalue weighted by molar-refractivity contribution is 7.92. The zero-order chi connectivity index (χ0) is 25.3. The zero-order valence-corrected chi connectivity index (χ0v) is 19.2. The summed E-state index contributed by atoms with van der Waals surface area (Å²) in [5.74, 6) is -3.32. The van der Waals surface area contributed by atoms with Gasteiger partial charge in [0, 0.05) is 6.54 Å². The van der Waals surface area contributed by atoms with Crippen LogP contribution in [0.5, 0.6) is 0 Å². The Balaban J connectivity index is 1.63. The van der Waals surface area contributed by atoms with Crippen LogP contribution in [0.3, 0.4) is 0 Å². The van der Waals surface area contributed by atoms with E-state index in [9.17, 15) is 31.9 Å². The van der Waals surface area contributed by atoms with Gasteiger partial charge in [-0.3, -0.25) is 9.59 Å². The van der Waals surface area contributed by atoms with Crippen molar-refractivity contribution in [1.29, 1.82) is 0 Å². The third-order valence-corrected chi connectivity index (χ3v) is 7.68. The van der Waals surface area contributed by atoms with Gasteiger partial charge < -0.3 is 5.11 Å². The molecule has 1 N–H and O–H groups in total. The molecule has 0 radical (unpaired) electrons. The molecule has 8 nitrogen and oxygen atoms in total. The van der Waals surface area contributed by atoms with E-state index in [2.05, 4.69) is 10.3 Å². The number of hydrogen-bond acceptors (Lipinski definition) is 6. The SMILES string of the molecule is Cc1ccc2nnn(CCC(C(=O)O)S(=O)(=O)c3ccc(-c4ccc(F)cc4)cc3F)c(=O)c2c1. The minimum atomic E-state index is -4.67. The van der Waals surface area contributed by atoms with Crippen molar-refractivity contribution in [2.24, 2.45) is 0 Å². The van der Waals surface area contributed by atoms with Crippen LogP contribution in [0.2, 0.25) is 0 Å². The number of benzene rings is 3. The molecule has 0 aliphatic carbocycles. The van der Waals surface area contributed by atoms with Crippen LogP contribution in [0.4, 0.5) is 8.78 Å². The fraction of sp³-hybridized carbons (Fsp3) is 0.167. The Hall–Kier alpha value is -3.99. The fourth-order valence-corrected chi connectivity index (χ4v) is 5.27. The van der Waals surface area contributed by atoms with Crippen molar-refractivity contribution in [3.63, 3.8) is 0 Å². The van der Waals surface area contributed by atoms with Gasteiger partial charge in [0.1, 0.15) is 22.0 Å². The van der Waals surface area contributed by atoms with Crippen LogP contribution in [0.1, 0.15) is 12.0 Å². The molecule has 0 saturated carbocycles. The van der Waals surface area contributed by atoms with Gasteiger partial charge in [-0.15, -0.1) is 5.10 Å². The van der Waals surface area contributed by atoms with Gasteiger partial charge >= 0.3 is 5.97 Å². The normalized spacial score (nSPS) is 12.5. The molecule has 1 aromatic heterocycles. The molecule has 180 valence electrons. The molecule has 0 bridgehead atoms. The summed E-state index contributed by atoms with van der Waals surface area (Å²) in [6, 6.07) is 13.4. The molecule has 4 rings (SSSR count). The Kier molecular flexibility index (Phi) is 6.44. The van der Waals surface area contributed by atoms with E-state index in [-0.39, 0.29) is 11.9 Å². The third kappa shape index (κ3) is 4.80. The molecule has 3 aromatic carbocycles. The molecule has 11 heteroatoms. The summed E-state index contributed by atoms with van der Waals surface area (Å²) in [5.41, 5.74) is 1.35. The molecular formula is C24H19F2N3O5S. The number of aromatic nitrogens is 3. The predicted octanol–water partition coefficient (Wildman–Crippen LogP) is 3.36. The average molecular weight is 499 g/mol. The molecule has 35 heavy (non-hydrogen) atoms. The second-order valence-corrected chi connectivity index (χ2v) is 10.0. The zero-order valence-electron chi connectivity index (χ0n) is 18.4. The largest absolute Gasteiger partial charge is 0.480 e. The topological polar surface area (TPSA) is 119 Å². The maximum absolute atomic E-state index is 14.9. The maximum Gasteiger partial charge on any atom is 0.322 e. The Morgan fingerprint density at radius 2 is 1.71 bits per heavy atom. The molecule has 0 aliphatic heterocycles. The van der Waals surface area contributed by atoms with Crippen LogP contribution < -0.4 is 5.56 Å². The first-order chi connectivity index (χ1) is 16.6. The summed E-state index contributed by atoms with van der Waals surface area (Å²) in [6.07, 6.45) is -0.539. The minimum absolute atomic E-state index is 0.261. The molecule has 0 fully saturated rings. The molecule has 1 unspecified atom stereocenters. The lowest BCUT2D eigenvalue weighted by molar-refractivity contribution is -0.136. The molecule has 4 aromatic rings. The van der Waals surface area contributed by atoms with Crippen LogP contribution in [-0.2, 0) is 21.2 Å². The van der Waals surface area contributed by atoms with E-state index in [1.165, 1.54) is 30.3 Å². The van der Waals surface area contributed by atoms with Gasteiger partial charge in [-0.25, -0.2) is 21.9 Å². The summed E-state index contributed by atoms with van der Waals surface area (Å²) in [7, 11) is -4.67. The highest BCUT2D eigenvalue weighted by Crippen LogP contribution is 2.27.